The zero-order valence-electron chi connectivity index (χ0n) is 15.6. The molecule has 0 bridgehead atoms. The molecule has 5 heteroatoms. The minimum Gasteiger partial charge on any atom is -0.497 e. The Hall–Kier alpha value is -1.91. The van der Waals surface area contributed by atoms with Gasteiger partial charge in [-0.1, -0.05) is 25.1 Å². The molecule has 2 aromatic carbocycles. The Balaban J connectivity index is 0.000000443. The van der Waals surface area contributed by atoms with Crippen molar-refractivity contribution in [1.82, 2.24) is 0 Å². The van der Waals surface area contributed by atoms with Crippen molar-refractivity contribution in [2.45, 2.75) is 26.2 Å². The van der Waals surface area contributed by atoms with Gasteiger partial charge in [0.15, 0.2) is 11.5 Å². The van der Waals surface area contributed by atoms with Crippen molar-refractivity contribution in [2.75, 3.05) is 27.9 Å². The lowest BCUT2D eigenvalue weighted by Gasteiger charge is -2.07. The van der Waals surface area contributed by atoms with E-state index in [0.29, 0.717) is 0 Å². The molecule has 4 nitrogen and oxygen atoms in total. The molecule has 0 radical (unpaired) electrons. The van der Waals surface area contributed by atoms with Crippen LogP contribution < -0.4 is 19.9 Å². The number of halogens is 1. The van der Waals surface area contributed by atoms with Gasteiger partial charge in [0.25, 0.3) is 0 Å². The van der Waals surface area contributed by atoms with Gasteiger partial charge in [0, 0.05) is 0 Å². The van der Waals surface area contributed by atoms with Gasteiger partial charge in [-0.3, -0.25) is 0 Å². The molecule has 0 atom stereocenters. The minimum atomic E-state index is 0. The lowest BCUT2D eigenvalue weighted by atomic mass is 10.1. The highest BCUT2D eigenvalue weighted by molar-refractivity contribution is 5.85. The van der Waals surface area contributed by atoms with Crippen LogP contribution in [0.3, 0.4) is 0 Å². The predicted molar refractivity (Wildman–Crippen MR) is 107 cm³/mol. The summed E-state index contributed by atoms with van der Waals surface area (Å²) >= 11 is 0. The Morgan fingerprint density at radius 2 is 1.56 bits per heavy atom. The summed E-state index contributed by atoms with van der Waals surface area (Å²) < 4.78 is 15.4. The average Bonchev–Trinajstić information content (AvgIpc) is 2.66. The molecule has 0 spiro atoms. The van der Waals surface area contributed by atoms with E-state index >= 15 is 0 Å². The molecule has 0 heterocycles. The molecule has 0 fully saturated rings. The van der Waals surface area contributed by atoms with Gasteiger partial charge in [0.05, 0.1) is 21.3 Å². The maximum atomic E-state index is 5.42. The van der Waals surface area contributed by atoms with Gasteiger partial charge in [-0.15, -0.1) is 12.4 Å². The first-order chi connectivity index (χ1) is 11.7. The van der Waals surface area contributed by atoms with Gasteiger partial charge >= 0.3 is 0 Å². The predicted octanol–water partition coefficient (Wildman–Crippen LogP) is 4.27. The second kappa shape index (κ2) is 13.4. The molecule has 0 aliphatic carbocycles. The standard InChI is InChI=1S/C10H15NO.C10H14O2.ClH/c1-12-10-6-2-4-9(8-10)5-3-7-11;1-4-8-5-6-9(11-2)10(7-8)12-3;/h2,4,6,8H,3,5,7,11H2,1H3;5-7H,4H2,1-3H3;1H. The molecule has 2 N–H and O–H groups in total. The maximum Gasteiger partial charge on any atom is 0.160 e. The minimum absolute atomic E-state index is 0. The molecule has 2 aromatic rings. The average molecular weight is 368 g/mol. The molecule has 0 amide bonds. The van der Waals surface area contributed by atoms with Crippen molar-refractivity contribution in [3.63, 3.8) is 0 Å². The van der Waals surface area contributed by atoms with Crippen LogP contribution in [0, 0.1) is 0 Å². The summed E-state index contributed by atoms with van der Waals surface area (Å²) in [6, 6.07) is 14.1. The van der Waals surface area contributed by atoms with Crippen LogP contribution in [0.4, 0.5) is 0 Å². The summed E-state index contributed by atoms with van der Waals surface area (Å²) in [5.74, 6) is 2.51. The number of hydrogen-bond acceptors (Lipinski definition) is 4. The molecule has 0 aromatic heterocycles. The molecule has 0 saturated carbocycles. The third-order valence-corrected chi connectivity index (χ3v) is 3.66. The van der Waals surface area contributed by atoms with Crippen molar-refractivity contribution in [1.29, 1.82) is 0 Å². The van der Waals surface area contributed by atoms with E-state index in [9.17, 15) is 0 Å². The molecule has 140 valence electrons. The lowest BCUT2D eigenvalue weighted by molar-refractivity contribution is 0.354. The van der Waals surface area contributed by atoms with E-state index in [0.717, 1.165) is 43.1 Å². The van der Waals surface area contributed by atoms with Crippen molar-refractivity contribution >= 4 is 12.4 Å². The molecule has 25 heavy (non-hydrogen) atoms. The Kier molecular flexibility index (Phi) is 12.4. The van der Waals surface area contributed by atoms with E-state index in [1.165, 1.54) is 11.1 Å². The number of nitrogens with two attached hydrogens (primary N) is 1. The van der Waals surface area contributed by atoms with Crippen molar-refractivity contribution in [3.8, 4) is 17.2 Å². The fourth-order valence-electron chi connectivity index (χ4n) is 2.23. The quantitative estimate of drug-likeness (QED) is 0.793. The third kappa shape index (κ3) is 8.14. The summed E-state index contributed by atoms with van der Waals surface area (Å²) in [5, 5.41) is 0. The molecular weight excluding hydrogens is 338 g/mol. The Morgan fingerprint density at radius 3 is 2.12 bits per heavy atom. The topological polar surface area (TPSA) is 53.7 Å². The number of ether oxygens (including phenoxy) is 3. The monoisotopic (exact) mass is 367 g/mol. The first kappa shape index (κ1) is 23.1. The van der Waals surface area contributed by atoms with Gasteiger partial charge in [-0.25, -0.2) is 0 Å². The Bertz CT molecular complexity index is 605. The smallest absolute Gasteiger partial charge is 0.160 e. The molecule has 0 saturated heterocycles. The molecular formula is C20H30ClNO3. The number of benzene rings is 2. The van der Waals surface area contributed by atoms with Gasteiger partial charge < -0.3 is 19.9 Å². The van der Waals surface area contributed by atoms with Crippen LogP contribution >= 0.6 is 12.4 Å². The van der Waals surface area contributed by atoms with Crippen LogP contribution in [0.2, 0.25) is 0 Å². The van der Waals surface area contributed by atoms with E-state index in [-0.39, 0.29) is 12.4 Å². The summed E-state index contributed by atoms with van der Waals surface area (Å²) in [7, 11) is 4.98. The van der Waals surface area contributed by atoms with E-state index in [1.54, 1.807) is 21.3 Å². The summed E-state index contributed by atoms with van der Waals surface area (Å²) in [6.07, 6.45) is 3.08. The molecule has 0 aliphatic heterocycles. The largest absolute Gasteiger partial charge is 0.497 e. The summed E-state index contributed by atoms with van der Waals surface area (Å²) in [6.45, 7) is 2.86. The van der Waals surface area contributed by atoms with Crippen LogP contribution in [0.15, 0.2) is 42.5 Å². The van der Waals surface area contributed by atoms with E-state index < -0.39 is 0 Å². The fraction of sp³-hybridized carbons (Fsp3) is 0.400. The highest BCUT2D eigenvalue weighted by atomic mass is 35.5. The number of rotatable bonds is 7. The lowest BCUT2D eigenvalue weighted by Crippen LogP contribution is -2.00. The van der Waals surface area contributed by atoms with Gasteiger partial charge in [-0.2, -0.15) is 0 Å². The maximum absolute atomic E-state index is 5.42. The molecule has 0 aliphatic rings. The SMILES string of the molecule is CCc1ccc(OC)c(OC)c1.COc1cccc(CCCN)c1.Cl. The fourth-order valence-corrected chi connectivity index (χ4v) is 2.23. The Morgan fingerprint density at radius 1 is 0.840 bits per heavy atom. The van der Waals surface area contributed by atoms with Crippen molar-refractivity contribution in [2.24, 2.45) is 5.73 Å². The van der Waals surface area contributed by atoms with Crippen LogP contribution in [-0.2, 0) is 12.8 Å². The van der Waals surface area contributed by atoms with Crippen LogP contribution in [0.25, 0.3) is 0 Å². The number of hydrogen-bond donors (Lipinski definition) is 1. The van der Waals surface area contributed by atoms with Crippen LogP contribution in [0.1, 0.15) is 24.5 Å². The van der Waals surface area contributed by atoms with Crippen molar-refractivity contribution < 1.29 is 14.2 Å². The van der Waals surface area contributed by atoms with Crippen LogP contribution in [-0.4, -0.2) is 27.9 Å². The summed E-state index contributed by atoms with van der Waals surface area (Å²) in [4.78, 5) is 0. The first-order valence-corrected chi connectivity index (χ1v) is 8.22. The van der Waals surface area contributed by atoms with E-state index in [2.05, 4.69) is 19.1 Å². The molecule has 0 unspecified atom stereocenters. The molecule has 2 rings (SSSR count). The zero-order valence-corrected chi connectivity index (χ0v) is 16.4. The zero-order chi connectivity index (χ0) is 17.8. The highest BCUT2D eigenvalue weighted by Crippen LogP contribution is 2.27. The normalized spacial score (nSPS) is 9.32. The Labute approximate surface area is 157 Å². The second-order valence-corrected chi connectivity index (χ2v) is 5.29. The number of aryl methyl sites for hydroxylation is 2. The van der Waals surface area contributed by atoms with E-state index in [1.807, 2.05) is 30.3 Å². The van der Waals surface area contributed by atoms with Gasteiger partial charge in [0.1, 0.15) is 5.75 Å². The number of methoxy groups -OCH3 is 3. The van der Waals surface area contributed by atoms with Crippen LogP contribution in [0.5, 0.6) is 17.2 Å². The third-order valence-electron chi connectivity index (χ3n) is 3.66. The first-order valence-electron chi connectivity index (χ1n) is 8.22. The van der Waals surface area contributed by atoms with Crippen molar-refractivity contribution in [3.05, 3.63) is 53.6 Å². The van der Waals surface area contributed by atoms with Gasteiger partial charge in [0.2, 0.25) is 0 Å². The summed E-state index contributed by atoms with van der Waals surface area (Å²) in [5.41, 5.74) is 7.96. The van der Waals surface area contributed by atoms with Gasteiger partial charge in [-0.05, 0) is 61.2 Å². The van der Waals surface area contributed by atoms with E-state index in [4.69, 9.17) is 19.9 Å². The highest BCUT2D eigenvalue weighted by Gasteiger charge is 2.02. The second-order valence-electron chi connectivity index (χ2n) is 5.29.